The summed E-state index contributed by atoms with van der Waals surface area (Å²) in [7, 11) is 0. The molecule has 0 heterocycles. The summed E-state index contributed by atoms with van der Waals surface area (Å²) < 4.78 is 0. The molecule has 2 nitrogen and oxygen atoms in total. The quantitative estimate of drug-likeness (QED) is 0.622. The van der Waals surface area contributed by atoms with Crippen LogP contribution in [0.2, 0.25) is 0 Å². The molecule has 0 aliphatic heterocycles. The summed E-state index contributed by atoms with van der Waals surface area (Å²) in [6.07, 6.45) is 6.28. The lowest BCUT2D eigenvalue weighted by atomic mass is 10.0. The van der Waals surface area contributed by atoms with Gasteiger partial charge in [0.25, 0.3) is 0 Å². The van der Waals surface area contributed by atoms with Crippen molar-refractivity contribution in [2.75, 3.05) is 19.6 Å². The SMILES string of the molecule is CCCCC(N)CN(CC)CC(CC)CC. The fourth-order valence-corrected chi connectivity index (χ4v) is 2.13. The van der Waals surface area contributed by atoms with Crippen LogP contribution in [0.15, 0.2) is 0 Å². The van der Waals surface area contributed by atoms with Crippen LogP contribution in [0, 0.1) is 5.92 Å². The predicted molar refractivity (Wildman–Crippen MR) is 73.7 cm³/mol. The maximum atomic E-state index is 6.15. The van der Waals surface area contributed by atoms with Gasteiger partial charge in [-0.2, -0.15) is 0 Å². The van der Waals surface area contributed by atoms with E-state index in [1.165, 1.54) is 38.6 Å². The van der Waals surface area contributed by atoms with Crippen LogP contribution < -0.4 is 5.73 Å². The second kappa shape index (κ2) is 10.1. The number of nitrogens with two attached hydrogens (primary N) is 1. The van der Waals surface area contributed by atoms with Gasteiger partial charge in [0, 0.05) is 19.1 Å². The molecule has 0 rings (SSSR count). The predicted octanol–water partition coefficient (Wildman–Crippen LogP) is 3.26. The average Bonchev–Trinajstić information content (AvgIpc) is 2.31. The van der Waals surface area contributed by atoms with E-state index in [0.717, 1.165) is 19.0 Å². The molecule has 0 spiro atoms. The molecule has 0 aliphatic rings. The molecular weight excluding hydrogens is 196 g/mol. The van der Waals surface area contributed by atoms with Gasteiger partial charge < -0.3 is 10.6 Å². The highest BCUT2D eigenvalue weighted by Crippen LogP contribution is 2.10. The lowest BCUT2D eigenvalue weighted by Crippen LogP contribution is -2.39. The van der Waals surface area contributed by atoms with E-state index in [1.54, 1.807) is 0 Å². The van der Waals surface area contributed by atoms with Gasteiger partial charge in [0.15, 0.2) is 0 Å². The molecule has 1 unspecified atom stereocenters. The van der Waals surface area contributed by atoms with E-state index in [4.69, 9.17) is 5.73 Å². The van der Waals surface area contributed by atoms with E-state index in [-0.39, 0.29) is 0 Å². The number of hydrogen-bond acceptors (Lipinski definition) is 2. The largest absolute Gasteiger partial charge is 0.327 e. The maximum Gasteiger partial charge on any atom is 0.0167 e. The first-order chi connectivity index (χ1) is 7.67. The first-order valence-corrected chi connectivity index (χ1v) is 7.15. The lowest BCUT2D eigenvalue weighted by Gasteiger charge is -2.27. The van der Waals surface area contributed by atoms with Gasteiger partial charge in [-0.15, -0.1) is 0 Å². The summed E-state index contributed by atoms with van der Waals surface area (Å²) in [6.45, 7) is 12.5. The zero-order valence-electron chi connectivity index (χ0n) is 11.8. The van der Waals surface area contributed by atoms with E-state index >= 15 is 0 Å². The maximum absolute atomic E-state index is 6.15. The van der Waals surface area contributed by atoms with Gasteiger partial charge >= 0.3 is 0 Å². The van der Waals surface area contributed by atoms with Crippen LogP contribution in [0.25, 0.3) is 0 Å². The first-order valence-electron chi connectivity index (χ1n) is 7.15. The van der Waals surface area contributed by atoms with E-state index < -0.39 is 0 Å². The third-order valence-electron chi connectivity index (χ3n) is 3.54. The van der Waals surface area contributed by atoms with E-state index in [2.05, 4.69) is 32.6 Å². The van der Waals surface area contributed by atoms with Crippen molar-refractivity contribution < 1.29 is 0 Å². The Morgan fingerprint density at radius 1 is 1.00 bits per heavy atom. The van der Waals surface area contributed by atoms with Crippen LogP contribution in [-0.2, 0) is 0 Å². The van der Waals surface area contributed by atoms with Gasteiger partial charge in [-0.05, 0) is 18.9 Å². The van der Waals surface area contributed by atoms with Crippen molar-refractivity contribution in [3.8, 4) is 0 Å². The van der Waals surface area contributed by atoms with Crippen molar-refractivity contribution in [3.05, 3.63) is 0 Å². The molecule has 0 aromatic carbocycles. The number of unbranched alkanes of at least 4 members (excludes halogenated alkanes) is 1. The lowest BCUT2D eigenvalue weighted by molar-refractivity contribution is 0.217. The molecule has 0 saturated carbocycles. The van der Waals surface area contributed by atoms with Crippen molar-refractivity contribution in [1.82, 2.24) is 4.90 Å². The Bertz CT molecular complexity index is 144. The van der Waals surface area contributed by atoms with Crippen molar-refractivity contribution in [2.24, 2.45) is 11.7 Å². The Kier molecular flexibility index (Phi) is 10.0. The number of rotatable bonds is 10. The smallest absolute Gasteiger partial charge is 0.0167 e. The second-order valence-corrected chi connectivity index (χ2v) is 4.94. The Morgan fingerprint density at radius 3 is 2.06 bits per heavy atom. The van der Waals surface area contributed by atoms with E-state index in [9.17, 15) is 0 Å². The Morgan fingerprint density at radius 2 is 1.62 bits per heavy atom. The molecule has 2 heteroatoms. The molecule has 0 aromatic heterocycles. The molecule has 0 fully saturated rings. The Hall–Kier alpha value is -0.0800. The van der Waals surface area contributed by atoms with Crippen LogP contribution in [0.3, 0.4) is 0 Å². The number of likely N-dealkylation sites (N-methyl/N-ethyl adjacent to an activating group) is 1. The monoisotopic (exact) mass is 228 g/mol. The van der Waals surface area contributed by atoms with Crippen LogP contribution in [0.1, 0.15) is 59.8 Å². The van der Waals surface area contributed by atoms with E-state index in [0.29, 0.717) is 6.04 Å². The summed E-state index contributed by atoms with van der Waals surface area (Å²) in [6, 6.07) is 0.370. The summed E-state index contributed by atoms with van der Waals surface area (Å²) in [4.78, 5) is 2.53. The number of nitrogens with zero attached hydrogens (tertiary/aromatic N) is 1. The Labute approximate surface area is 103 Å². The number of hydrogen-bond donors (Lipinski definition) is 1. The molecule has 0 saturated heterocycles. The minimum atomic E-state index is 0.370. The molecule has 16 heavy (non-hydrogen) atoms. The molecular formula is C14H32N2. The van der Waals surface area contributed by atoms with E-state index in [1.807, 2.05) is 0 Å². The van der Waals surface area contributed by atoms with Gasteiger partial charge in [0.2, 0.25) is 0 Å². The van der Waals surface area contributed by atoms with Gasteiger partial charge in [-0.25, -0.2) is 0 Å². The Balaban J connectivity index is 3.88. The van der Waals surface area contributed by atoms with Crippen LogP contribution in [0.5, 0.6) is 0 Å². The normalized spacial score (nSPS) is 13.7. The fourth-order valence-electron chi connectivity index (χ4n) is 2.13. The summed E-state index contributed by atoms with van der Waals surface area (Å²) in [5.74, 6) is 0.846. The zero-order chi connectivity index (χ0) is 12.4. The molecule has 0 radical (unpaired) electrons. The van der Waals surface area contributed by atoms with Crippen LogP contribution >= 0.6 is 0 Å². The summed E-state index contributed by atoms with van der Waals surface area (Å²) in [5.41, 5.74) is 6.15. The van der Waals surface area contributed by atoms with Gasteiger partial charge in [0.1, 0.15) is 0 Å². The highest BCUT2D eigenvalue weighted by atomic mass is 15.1. The third kappa shape index (κ3) is 7.24. The minimum Gasteiger partial charge on any atom is -0.327 e. The van der Waals surface area contributed by atoms with Crippen molar-refractivity contribution >= 4 is 0 Å². The summed E-state index contributed by atoms with van der Waals surface area (Å²) >= 11 is 0. The molecule has 0 amide bonds. The molecule has 1 atom stereocenters. The molecule has 0 aromatic rings. The summed E-state index contributed by atoms with van der Waals surface area (Å²) in [5, 5.41) is 0. The van der Waals surface area contributed by atoms with Crippen LogP contribution in [0.4, 0.5) is 0 Å². The standard InChI is InChI=1S/C14H32N2/c1-5-9-10-14(15)12-16(8-4)11-13(6-2)7-3/h13-14H,5-12,15H2,1-4H3. The molecule has 0 bridgehead atoms. The van der Waals surface area contributed by atoms with Gasteiger partial charge in [-0.3, -0.25) is 0 Å². The van der Waals surface area contributed by atoms with Crippen molar-refractivity contribution in [1.29, 1.82) is 0 Å². The van der Waals surface area contributed by atoms with Crippen LogP contribution in [-0.4, -0.2) is 30.6 Å². The fraction of sp³-hybridized carbons (Fsp3) is 1.00. The zero-order valence-corrected chi connectivity index (χ0v) is 11.8. The first kappa shape index (κ1) is 15.9. The van der Waals surface area contributed by atoms with Gasteiger partial charge in [0.05, 0.1) is 0 Å². The molecule has 0 aliphatic carbocycles. The van der Waals surface area contributed by atoms with Gasteiger partial charge in [-0.1, -0.05) is 53.4 Å². The second-order valence-electron chi connectivity index (χ2n) is 4.94. The van der Waals surface area contributed by atoms with Crippen molar-refractivity contribution in [3.63, 3.8) is 0 Å². The molecule has 2 N–H and O–H groups in total. The van der Waals surface area contributed by atoms with Crippen molar-refractivity contribution in [2.45, 2.75) is 65.8 Å². The minimum absolute atomic E-state index is 0.370. The average molecular weight is 228 g/mol. The molecule has 98 valence electrons. The highest BCUT2D eigenvalue weighted by Gasteiger charge is 2.12. The third-order valence-corrected chi connectivity index (χ3v) is 3.54. The topological polar surface area (TPSA) is 29.3 Å². The highest BCUT2D eigenvalue weighted by molar-refractivity contribution is 4.70.